The maximum Gasteiger partial charge on any atom is 0.0877 e. The van der Waals surface area contributed by atoms with Gasteiger partial charge in [-0.3, -0.25) is 0 Å². The molecule has 0 amide bonds. The average Bonchev–Trinajstić information content (AvgIpc) is 2.29. The van der Waals surface area contributed by atoms with Gasteiger partial charge in [-0.05, 0) is 13.0 Å². The van der Waals surface area contributed by atoms with Crippen LogP contribution in [0.3, 0.4) is 0 Å². The Morgan fingerprint density at radius 1 is 0.875 bits per heavy atom. The maximum absolute atomic E-state index is 10.2. The first-order valence-corrected chi connectivity index (χ1v) is 6.17. The molecule has 1 N–H and O–H groups in total. The van der Waals surface area contributed by atoms with Gasteiger partial charge < -0.3 is 4.89 Å². The molecule has 1 unspecified atom stereocenters. The van der Waals surface area contributed by atoms with E-state index in [-0.39, 0.29) is 8.41 Å². The summed E-state index contributed by atoms with van der Waals surface area (Å²) >= 11 is 0. The van der Waals surface area contributed by atoms with Crippen molar-refractivity contribution in [3.8, 4) is 0 Å². The van der Waals surface area contributed by atoms with Crippen molar-refractivity contribution in [1.82, 2.24) is 0 Å². The van der Waals surface area contributed by atoms with Crippen LogP contribution >= 0.6 is 8.15 Å². The molecule has 1 atom stereocenters. The van der Waals surface area contributed by atoms with E-state index in [4.69, 9.17) is 0 Å². The molecule has 2 aromatic rings. The van der Waals surface area contributed by atoms with E-state index < -0.39 is 8.15 Å². The maximum atomic E-state index is 10.2. The van der Waals surface area contributed by atoms with Gasteiger partial charge >= 0.3 is 0 Å². The number of aryl methyl sites for hydroxylation is 1. The van der Waals surface area contributed by atoms with Crippen molar-refractivity contribution in [2.75, 3.05) is 0 Å². The van der Waals surface area contributed by atoms with Crippen molar-refractivity contribution in [3.63, 3.8) is 0 Å². The van der Waals surface area contributed by atoms with E-state index in [1.54, 1.807) is 0 Å². The molecule has 0 bridgehead atoms. The standard InChI is InChI=1S/C13H13OP.B/c1-11-6-5-9-13(10-11)15(14)12-7-3-2-4-8-12;/h2-10,14H,1H3;. The zero-order valence-corrected chi connectivity index (χ0v) is 10.1. The van der Waals surface area contributed by atoms with Gasteiger partial charge in [-0.15, -0.1) is 0 Å². The Balaban J connectivity index is 0.00000128. The van der Waals surface area contributed by atoms with Crippen LogP contribution in [0.4, 0.5) is 0 Å². The van der Waals surface area contributed by atoms with Crippen molar-refractivity contribution in [3.05, 3.63) is 60.2 Å². The minimum atomic E-state index is -1.19. The summed E-state index contributed by atoms with van der Waals surface area (Å²) in [6.07, 6.45) is 0. The van der Waals surface area contributed by atoms with Crippen LogP contribution in [0.15, 0.2) is 54.6 Å². The lowest BCUT2D eigenvalue weighted by Gasteiger charge is -2.11. The van der Waals surface area contributed by atoms with E-state index in [1.807, 2.05) is 61.5 Å². The summed E-state index contributed by atoms with van der Waals surface area (Å²) in [7, 11) is -1.19. The second kappa shape index (κ2) is 5.84. The average molecular weight is 227 g/mol. The molecular formula is C13H13BOP. The second-order valence-corrected chi connectivity index (χ2v) is 5.14. The highest BCUT2D eigenvalue weighted by Gasteiger charge is 2.09. The quantitative estimate of drug-likeness (QED) is 0.614. The van der Waals surface area contributed by atoms with Crippen LogP contribution in [0, 0.1) is 6.92 Å². The molecule has 2 rings (SSSR count). The molecule has 3 heteroatoms. The molecule has 0 saturated carbocycles. The molecule has 0 aromatic heterocycles. The molecule has 0 aliphatic rings. The smallest absolute Gasteiger partial charge is 0.0877 e. The Bertz CT molecular complexity index is 445. The first-order chi connectivity index (χ1) is 7.27. The third-order valence-corrected chi connectivity index (χ3v) is 3.80. The predicted molar refractivity (Wildman–Crippen MR) is 71.8 cm³/mol. The van der Waals surface area contributed by atoms with Gasteiger partial charge in [0, 0.05) is 19.0 Å². The van der Waals surface area contributed by atoms with Gasteiger partial charge in [-0.1, -0.05) is 54.1 Å². The third-order valence-electron chi connectivity index (χ3n) is 2.25. The van der Waals surface area contributed by atoms with Crippen LogP contribution in [0.25, 0.3) is 0 Å². The largest absolute Gasteiger partial charge is 0.364 e. The van der Waals surface area contributed by atoms with E-state index >= 15 is 0 Å². The molecule has 0 aliphatic heterocycles. The van der Waals surface area contributed by atoms with Gasteiger partial charge in [0.15, 0.2) is 0 Å². The molecule has 1 nitrogen and oxygen atoms in total. The lowest BCUT2D eigenvalue weighted by Crippen LogP contribution is -2.10. The zero-order chi connectivity index (χ0) is 10.7. The van der Waals surface area contributed by atoms with E-state index in [1.165, 1.54) is 5.56 Å². The third kappa shape index (κ3) is 2.94. The van der Waals surface area contributed by atoms with Crippen LogP contribution < -0.4 is 10.6 Å². The predicted octanol–water partition coefficient (Wildman–Crippen LogP) is 1.95. The summed E-state index contributed by atoms with van der Waals surface area (Å²) in [5.41, 5.74) is 1.19. The lowest BCUT2D eigenvalue weighted by molar-refractivity contribution is 0.644. The van der Waals surface area contributed by atoms with Crippen molar-refractivity contribution < 1.29 is 4.89 Å². The van der Waals surface area contributed by atoms with Crippen LogP contribution in [-0.2, 0) is 0 Å². The number of benzene rings is 2. The van der Waals surface area contributed by atoms with Crippen molar-refractivity contribution in [2.45, 2.75) is 6.92 Å². The van der Waals surface area contributed by atoms with Crippen LogP contribution in [0.5, 0.6) is 0 Å². The summed E-state index contributed by atoms with van der Waals surface area (Å²) in [5.74, 6) is 0. The molecule has 16 heavy (non-hydrogen) atoms. The van der Waals surface area contributed by atoms with Crippen LogP contribution in [-0.4, -0.2) is 13.3 Å². The molecule has 0 aliphatic carbocycles. The SMILES string of the molecule is Cc1cccc(P(O)c2ccccc2)c1.[B]. The van der Waals surface area contributed by atoms with Gasteiger partial charge in [0.25, 0.3) is 0 Å². The fraction of sp³-hybridized carbons (Fsp3) is 0.0769. The molecular weight excluding hydrogens is 214 g/mol. The highest BCUT2D eigenvalue weighted by molar-refractivity contribution is 7.67. The minimum Gasteiger partial charge on any atom is -0.364 e. The van der Waals surface area contributed by atoms with Crippen molar-refractivity contribution in [1.29, 1.82) is 0 Å². The Labute approximate surface area is 99.6 Å². The molecule has 2 aromatic carbocycles. The van der Waals surface area contributed by atoms with Crippen LogP contribution in [0.1, 0.15) is 5.56 Å². The van der Waals surface area contributed by atoms with Crippen molar-refractivity contribution in [2.24, 2.45) is 0 Å². The van der Waals surface area contributed by atoms with Gasteiger partial charge in [0.05, 0.1) is 8.15 Å². The Morgan fingerprint density at radius 3 is 2.12 bits per heavy atom. The van der Waals surface area contributed by atoms with Crippen molar-refractivity contribution >= 4 is 27.2 Å². The topological polar surface area (TPSA) is 20.2 Å². The van der Waals surface area contributed by atoms with E-state index in [0.29, 0.717) is 0 Å². The Morgan fingerprint density at radius 2 is 1.50 bits per heavy atom. The molecule has 0 fully saturated rings. The van der Waals surface area contributed by atoms with E-state index in [9.17, 15) is 4.89 Å². The normalized spacial score (nSPS) is 11.6. The van der Waals surface area contributed by atoms with Gasteiger partial charge in [0.1, 0.15) is 0 Å². The number of rotatable bonds is 2. The van der Waals surface area contributed by atoms with Gasteiger partial charge in [-0.25, -0.2) is 0 Å². The zero-order valence-electron chi connectivity index (χ0n) is 9.17. The molecule has 79 valence electrons. The summed E-state index contributed by atoms with van der Waals surface area (Å²) in [6, 6.07) is 17.8. The molecule has 0 saturated heterocycles. The summed E-state index contributed by atoms with van der Waals surface area (Å²) < 4.78 is 0. The highest BCUT2D eigenvalue weighted by atomic mass is 31.1. The lowest BCUT2D eigenvalue weighted by atomic mass is 10.2. The Hall–Kier alpha value is -1.11. The highest BCUT2D eigenvalue weighted by Crippen LogP contribution is 2.27. The summed E-state index contributed by atoms with van der Waals surface area (Å²) in [6.45, 7) is 2.04. The second-order valence-electron chi connectivity index (χ2n) is 3.49. The van der Waals surface area contributed by atoms with Gasteiger partial charge in [-0.2, -0.15) is 0 Å². The molecule has 0 spiro atoms. The number of hydrogen-bond donors (Lipinski definition) is 1. The summed E-state index contributed by atoms with van der Waals surface area (Å²) in [5, 5.41) is 2.01. The van der Waals surface area contributed by atoms with Gasteiger partial charge in [0.2, 0.25) is 0 Å². The van der Waals surface area contributed by atoms with E-state index in [2.05, 4.69) is 0 Å². The first kappa shape index (κ1) is 13.0. The molecule has 0 heterocycles. The summed E-state index contributed by atoms with van der Waals surface area (Å²) in [4.78, 5) is 10.2. The minimum absolute atomic E-state index is 0. The Kier molecular flexibility index (Phi) is 4.73. The fourth-order valence-electron chi connectivity index (χ4n) is 1.48. The van der Waals surface area contributed by atoms with E-state index in [0.717, 1.165) is 10.6 Å². The first-order valence-electron chi connectivity index (χ1n) is 4.88. The van der Waals surface area contributed by atoms with Crippen LogP contribution in [0.2, 0.25) is 0 Å². The fourth-order valence-corrected chi connectivity index (χ4v) is 2.78. The number of hydrogen-bond acceptors (Lipinski definition) is 1. The molecule has 3 radical (unpaired) electrons. The monoisotopic (exact) mass is 227 g/mol.